The smallest absolute Gasteiger partial charge is 0.229 e. The maximum absolute atomic E-state index is 11.2. The molecule has 0 spiro atoms. The number of nitrogens with zero attached hydrogens (tertiary/aromatic N) is 1. The highest BCUT2D eigenvalue weighted by Crippen LogP contribution is 2.31. The third kappa shape index (κ3) is 4.95. The molecule has 0 atom stereocenters. The molecule has 128 valence electrons. The molecule has 0 saturated carbocycles. The van der Waals surface area contributed by atoms with Gasteiger partial charge in [0.2, 0.25) is 10.0 Å². The molecule has 25 heavy (non-hydrogen) atoms. The highest BCUT2D eigenvalue weighted by molar-refractivity contribution is 7.92. The van der Waals surface area contributed by atoms with Gasteiger partial charge >= 0.3 is 0 Å². The molecule has 0 fully saturated rings. The maximum Gasteiger partial charge on any atom is 0.229 e. The van der Waals surface area contributed by atoms with Crippen LogP contribution in [0.4, 0.5) is 17.2 Å². The van der Waals surface area contributed by atoms with Gasteiger partial charge in [-0.25, -0.2) is 13.4 Å². The van der Waals surface area contributed by atoms with Crippen molar-refractivity contribution in [1.82, 2.24) is 4.98 Å². The van der Waals surface area contributed by atoms with E-state index in [9.17, 15) is 8.42 Å². The van der Waals surface area contributed by atoms with Crippen molar-refractivity contribution >= 4 is 27.2 Å². The van der Waals surface area contributed by atoms with Gasteiger partial charge in [-0.3, -0.25) is 4.72 Å². The van der Waals surface area contributed by atoms with Gasteiger partial charge in [0.05, 0.1) is 23.8 Å². The van der Waals surface area contributed by atoms with Gasteiger partial charge in [-0.15, -0.1) is 0 Å². The van der Waals surface area contributed by atoms with Crippen LogP contribution < -0.4 is 14.8 Å². The highest BCUT2D eigenvalue weighted by Gasteiger charge is 2.06. The van der Waals surface area contributed by atoms with E-state index in [0.29, 0.717) is 17.3 Å². The Morgan fingerprint density at radius 2 is 1.64 bits per heavy atom. The first-order chi connectivity index (χ1) is 12.0. The van der Waals surface area contributed by atoms with Crippen LogP contribution >= 0.6 is 0 Å². The second-order valence-corrected chi connectivity index (χ2v) is 7.09. The minimum absolute atomic E-state index is 0.405. The zero-order valence-electron chi connectivity index (χ0n) is 13.5. The van der Waals surface area contributed by atoms with Crippen LogP contribution in [0.1, 0.15) is 0 Å². The number of sulfonamides is 1. The average molecular weight is 355 g/mol. The van der Waals surface area contributed by atoms with Crippen molar-refractivity contribution in [1.29, 1.82) is 0 Å². The fourth-order valence-electron chi connectivity index (χ4n) is 2.15. The zero-order valence-corrected chi connectivity index (χ0v) is 14.3. The molecule has 6 nitrogen and oxygen atoms in total. The SMILES string of the molecule is CS(=O)(=O)Nc1ccc(Nc2ccccc2Oc2ccccc2)nc1. The molecular weight excluding hydrogens is 338 g/mol. The van der Waals surface area contributed by atoms with E-state index in [1.807, 2.05) is 54.6 Å². The second kappa shape index (κ2) is 7.23. The molecule has 7 heteroatoms. The number of ether oxygens (including phenoxy) is 1. The lowest BCUT2D eigenvalue weighted by Crippen LogP contribution is -2.09. The van der Waals surface area contributed by atoms with E-state index in [4.69, 9.17) is 4.74 Å². The lowest BCUT2D eigenvalue weighted by molar-refractivity contribution is 0.485. The molecule has 1 aromatic heterocycles. The summed E-state index contributed by atoms with van der Waals surface area (Å²) in [5, 5.41) is 3.17. The van der Waals surface area contributed by atoms with Crippen LogP contribution in [-0.2, 0) is 10.0 Å². The standard InChI is InChI=1S/C18H17N3O3S/c1-25(22,23)21-14-11-12-18(19-13-14)20-16-9-5-6-10-17(16)24-15-7-3-2-4-8-15/h2-13,21H,1H3,(H,19,20). The Kier molecular flexibility index (Phi) is 4.85. The molecule has 0 bridgehead atoms. The number of aromatic nitrogens is 1. The van der Waals surface area contributed by atoms with Crippen LogP contribution in [0.3, 0.4) is 0 Å². The lowest BCUT2D eigenvalue weighted by Gasteiger charge is -2.13. The first kappa shape index (κ1) is 16.8. The molecule has 1 heterocycles. The topological polar surface area (TPSA) is 80.3 Å². The third-order valence-corrected chi connectivity index (χ3v) is 3.79. The largest absolute Gasteiger partial charge is 0.455 e. The molecule has 0 radical (unpaired) electrons. The van der Waals surface area contributed by atoms with E-state index in [0.717, 1.165) is 17.7 Å². The summed E-state index contributed by atoms with van der Waals surface area (Å²) < 4.78 is 30.7. The molecule has 0 unspecified atom stereocenters. The van der Waals surface area contributed by atoms with E-state index >= 15 is 0 Å². The van der Waals surface area contributed by atoms with Crippen LogP contribution in [0.25, 0.3) is 0 Å². The van der Waals surface area contributed by atoms with Gasteiger partial charge < -0.3 is 10.1 Å². The highest BCUT2D eigenvalue weighted by atomic mass is 32.2. The van der Waals surface area contributed by atoms with E-state index in [-0.39, 0.29) is 0 Å². The van der Waals surface area contributed by atoms with E-state index < -0.39 is 10.0 Å². The van der Waals surface area contributed by atoms with E-state index in [2.05, 4.69) is 15.0 Å². The molecule has 2 aromatic carbocycles. The fourth-order valence-corrected chi connectivity index (χ4v) is 2.70. The summed E-state index contributed by atoms with van der Waals surface area (Å²) in [7, 11) is -3.32. The number of rotatable bonds is 6. The van der Waals surface area contributed by atoms with Crippen molar-refractivity contribution in [2.75, 3.05) is 16.3 Å². The number of hydrogen-bond donors (Lipinski definition) is 2. The lowest BCUT2D eigenvalue weighted by atomic mass is 10.2. The van der Waals surface area contributed by atoms with Crippen LogP contribution in [0.5, 0.6) is 11.5 Å². The molecule has 0 aliphatic heterocycles. The summed E-state index contributed by atoms with van der Waals surface area (Å²) in [5.74, 6) is 1.97. The number of hydrogen-bond acceptors (Lipinski definition) is 5. The minimum atomic E-state index is -3.32. The molecule has 2 N–H and O–H groups in total. The summed E-state index contributed by atoms with van der Waals surface area (Å²) in [5.41, 5.74) is 1.16. The van der Waals surface area contributed by atoms with Gasteiger partial charge in [-0.05, 0) is 36.4 Å². The van der Waals surface area contributed by atoms with Gasteiger partial charge in [-0.2, -0.15) is 0 Å². The Bertz CT molecular complexity index is 943. The predicted molar refractivity (Wildman–Crippen MR) is 98.9 cm³/mol. The molecule has 3 aromatic rings. The Morgan fingerprint density at radius 3 is 2.32 bits per heavy atom. The number of anilines is 3. The van der Waals surface area contributed by atoms with Gasteiger partial charge in [0, 0.05) is 0 Å². The quantitative estimate of drug-likeness (QED) is 0.699. The molecule has 0 saturated heterocycles. The van der Waals surface area contributed by atoms with Crippen LogP contribution in [0, 0.1) is 0 Å². The Morgan fingerprint density at radius 1 is 0.920 bits per heavy atom. The van der Waals surface area contributed by atoms with Crippen molar-refractivity contribution < 1.29 is 13.2 Å². The van der Waals surface area contributed by atoms with Crippen molar-refractivity contribution in [3.63, 3.8) is 0 Å². The van der Waals surface area contributed by atoms with Gasteiger partial charge in [0.1, 0.15) is 11.6 Å². The first-order valence-corrected chi connectivity index (χ1v) is 9.41. The van der Waals surface area contributed by atoms with Crippen LogP contribution in [0.2, 0.25) is 0 Å². The summed E-state index contributed by atoms with van der Waals surface area (Å²) in [6.45, 7) is 0. The average Bonchev–Trinajstić information content (AvgIpc) is 2.58. The van der Waals surface area contributed by atoms with Crippen molar-refractivity contribution in [3.05, 3.63) is 72.9 Å². The van der Waals surface area contributed by atoms with Gasteiger partial charge in [0.25, 0.3) is 0 Å². The summed E-state index contributed by atoms with van der Waals surface area (Å²) in [4.78, 5) is 4.21. The monoisotopic (exact) mass is 355 g/mol. The van der Waals surface area contributed by atoms with E-state index in [1.165, 1.54) is 6.20 Å². The maximum atomic E-state index is 11.2. The first-order valence-electron chi connectivity index (χ1n) is 7.52. The van der Waals surface area contributed by atoms with Gasteiger partial charge in [0.15, 0.2) is 5.75 Å². The fraction of sp³-hybridized carbons (Fsp3) is 0.0556. The van der Waals surface area contributed by atoms with Gasteiger partial charge in [-0.1, -0.05) is 30.3 Å². The summed E-state index contributed by atoms with van der Waals surface area (Å²) in [6, 6.07) is 20.3. The molecular formula is C18H17N3O3S. The zero-order chi connectivity index (χ0) is 17.7. The van der Waals surface area contributed by atoms with E-state index in [1.54, 1.807) is 12.1 Å². The Labute approximate surface area is 146 Å². The van der Waals surface area contributed by atoms with Crippen LogP contribution in [-0.4, -0.2) is 19.7 Å². The summed E-state index contributed by atoms with van der Waals surface area (Å²) >= 11 is 0. The number of nitrogens with one attached hydrogen (secondary N) is 2. The van der Waals surface area contributed by atoms with Crippen LogP contribution in [0.15, 0.2) is 72.9 Å². The normalized spacial score (nSPS) is 10.9. The summed E-state index contributed by atoms with van der Waals surface area (Å²) in [6.07, 6.45) is 2.54. The Hall–Kier alpha value is -3.06. The van der Waals surface area contributed by atoms with Crippen molar-refractivity contribution in [3.8, 4) is 11.5 Å². The number of pyridine rings is 1. The van der Waals surface area contributed by atoms with Crippen molar-refractivity contribution in [2.45, 2.75) is 0 Å². The second-order valence-electron chi connectivity index (χ2n) is 5.34. The molecule has 0 aliphatic rings. The third-order valence-electron chi connectivity index (χ3n) is 3.19. The van der Waals surface area contributed by atoms with Crippen molar-refractivity contribution in [2.24, 2.45) is 0 Å². The Balaban J connectivity index is 1.77. The molecule has 0 amide bonds. The number of para-hydroxylation sites is 3. The number of benzene rings is 2. The minimum Gasteiger partial charge on any atom is -0.455 e. The molecule has 0 aliphatic carbocycles. The predicted octanol–water partition coefficient (Wildman–Crippen LogP) is 3.99. The molecule has 3 rings (SSSR count).